The number of benzene rings is 5. The molecule has 0 spiro atoms. The number of hydrogen-bond donors (Lipinski definition) is 0. The quantitative estimate of drug-likeness (QED) is 0.190. The van der Waals surface area contributed by atoms with Crippen molar-refractivity contribution < 1.29 is 4.79 Å². The van der Waals surface area contributed by atoms with E-state index in [4.69, 9.17) is 4.99 Å². The number of nitrogens with zero attached hydrogens (tertiary/aromatic N) is 4. The third-order valence-corrected chi connectivity index (χ3v) is 11.5. The Bertz CT molecular complexity index is 2960. The monoisotopic (exact) mass is 648 g/mol. The summed E-state index contributed by atoms with van der Waals surface area (Å²) in [5.41, 5.74) is 2.99. The molecular formula is C36H16N4O3S3. The Morgan fingerprint density at radius 1 is 0.587 bits per heavy atom. The lowest BCUT2D eigenvalue weighted by molar-refractivity contribution is 0.106. The number of rotatable bonds is 2. The van der Waals surface area contributed by atoms with Crippen LogP contribution in [0.5, 0.6) is 0 Å². The first-order valence-corrected chi connectivity index (χ1v) is 16.8. The minimum Gasteiger partial charge on any atom is -0.287 e. The van der Waals surface area contributed by atoms with Gasteiger partial charge in [0.05, 0.1) is 26.8 Å². The van der Waals surface area contributed by atoms with Crippen LogP contribution < -0.4 is 16.2 Å². The Morgan fingerprint density at radius 3 is 1.70 bits per heavy atom. The molecule has 0 unspecified atom stereocenters. The number of carbonyl (C=O) groups is 1. The maximum atomic E-state index is 13.4. The molecule has 46 heavy (non-hydrogen) atoms. The van der Waals surface area contributed by atoms with Crippen LogP contribution in [-0.2, 0) is 6.42 Å². The summed E-state index contributed by atoms with van der Waals surface area (Å²) in [4.78, 5) is 49.7. The van der Waals surface area contributed by atoms with E-state index in [0.717, 1.165) is 70.0 Å². The summed E-state index contributed by atoms with van der Waals surface area (Å²) in [5, 5.41) is 7.66. The maximum Gasteiger partial charge on any atom is 0.216 e. The van der Waals surface area contributed by atoms with Gasteiger partial charge in [0.15, 0.2) is 5.36 Å². The molecule has 1 aliphatic rings. The van der Waals surface area contributed by atoms with E-state index >= 15 is 0 Å². The molecule has 3 heterocycles. The molecule has 0 aliphatic heterocycles. The summed E-state index contributed by atoms with van der Waals surface area (Å²) in [5.74, 6) is -0.0437. The van der Waals surface area contributed by atoms with Gasteiger partial charge in [-0.25, -0.2) is 9.98 Å². The SMILES string of the molecule is O=C1/C(=N/c2cc3c4nsnc4c4cc(N=c5c(=O)c6cc7ccccc7cc6c5=O)sc4c3s2)Cc2cc3ccccc3cc21. The highest BCUT2D eigenvalue weighted by molar-refractivity contribution is 7.30. The van der Waals surface area contributed by atoms with Gasteiger partial charge in [0.1, 0.15) is 21.0 Å². The predicted octanol–water partition coefficient (Wildman–Crippen LogP) is 7.92. The van der Waals surface area contributed by atoms with Crippen LogP contribution >= 0.6 is 34.4 Å². The Morgan fingerprint density at radius 2 is 1.11 bits per heavy atom. The highest BCUT2D eigenvalue weighted by Crippen LogP contribution is 2.47. The van der Waals surface area contributed by atoms with Crippen LogP contribution in [0.1, 0.15) is 15.9 Å². The Kier molecular flexibility index (Phi) is 5.29. The van der Waals surface area contributed by atoms with Crippen molar-refractivity contribution in [2.24, 2.45) is 9.98 Å². The second kappa shape index (κ2) is 9.37. The third-order valence-electron chi connectivity index (χ3n) is 8.75. The van der Waals surface area contributed by atoms with Gasteiger partial charge in [0.25, 0.3) is 0 Å². The van der Waals surface area contributed by atoms with Gasteiger partial charge in [-0.2, -0.15) is 8.75 Å². The van der Waals surface area contributed by atoms with E-state index in [9.17, 15) is 14.4 Å². The fraction of sp³-hybridized carbons (Fsp3) is 0.0278. The largest absolute Gasteiger partial charge is 0.287 e. The van der Waals surface area contributed by atoms with Gasteiger partial charge in [0, 0.05) is 33.5 Å². The van der Waals surface area contributed by atoms with Crippen LogP contribution in [0.2, 0.25) is 0 Å². The van der Waals surface area contributed by atoms with E-state index in [0.29, 0.717) is 38.5 Å². The van der Waals surface area contributed by atoms with Crippen molar-refractivity contribution in [2.45, 2.75) is 6.42 Å². The minimum atomic E-state index is -0.363. The minimum absolute atomic E-state index is 0.0437. The number of aromatic nitrogens is 2. The Hall–Kier alpha value is -5.29. The van der Waals surface area contributed by atoms with Gasteiger partial charge in [-0.1, -0.05) is 54.6 Å². The van der Waals surface area contributed by atoms with E-state index < -0.39 is 0 Å². The number of thiophene rings is 2. The average molecular weight is 649 g/mol. The van der Waals surface area contributed by atoms with E-state index in [1.54, 1.807) is 12.1 Å². The molecule has 6 aromatic carbocycles. The molecule has 216 valence electrons. The Balaban J connectivity index is 1.13. The zero-order chi connectivity index (χ0) is 30.7. The summed E-state index contributed by atoms with van der Waals surface area (Å²) in [6.45, 7) is 0. The van der Waals surface area contributed by atoms with Gasteiger partial charge < -0.3 is 0 Å². The lowest BCUT2D eigenvalue weighted by Gasteiger charge is -2.00. The van der Waals surface area contributed by atoms with Crippen LogP contribution in [-0.4, -0.2) is 20.2 Å². The number of carbonyl (C=O) groups excluding carboxylic acids is 1. The molecule has 0 atom stereocenters. The molecule has 0 amide bonds. The molecule has 0 saturated carbocycles. The molecule has 3 aromatic heterocycles. The normalized spacial score (nSPS) is 14.3. The highest BCUT2D eigenvalue weighted by atomic mass is 32.1. The van der Waals surface area contributed by atoms with Crippen molar-refractivity contribution in [3.8, 4) is 0 Å². The number of hydrogen-bond acceptors (Lipinski definition) is 10. The van der Waals surface area contributed by atoms with Crippen LogP contribution in [0, 0.1) is 0 Å². The first-order chi connectivity index (χ1) is 22.5. The molecule has 1 aliphatic carbocycles. The van der Waals surface area contributed by atoms with Crippen LogP contribution in [0.4, 0.5) is 10.0 Å². The van der Waals surface area contributed by atoms with Crippen molar-refractivity contribution in [1.82, 2.24) is 8.75 Å². The summed E-state index contributed by atoms with van der Waals surface area (Å²) in [7, 11) is 0. The molecule has 0 radical (unpaired) electrons. The molecule has 0 fully saturated rings. The summed E-state index contributed by atoms with van der Waals surface area (Å²) >= 11 is 4.02. The Labute approximate surface area is 270 Å². The molecule has 7 nitrogen and oxygen atoms in total. The number of aliphatic imine (C=N–C) groups is 1. The second-order valence-electron chi connectivity index (χ2n) is 11.4. The smallest absolute Gasteiger partial charge is 0.216 e. The van der Waals surface area contributed by atoms with Gasteiger partial charge in [-0.15, -0.1) is 22.7 Å². The molecular weight excluding hydrogens is 633 g/mol. The third kappa shape index (κ3) is 3.66. The lowest BCUT2D eigenvalue weighted by Crippen LogP contribution is -2.31. The maximum absolute atomic E-state index is 13.4. The van der Waals surface area contributed by atoms with E-state index in [-0.39, 0.29) is 22.0 Å². The highest BCUT2D eigenvalue weighted by Gasteiger charge is 2.27. The topological polar surface area (TPSA) is 102 Å². The van der Waals surface area contributed by atoms with Gasteiger partial charge in [-0.05, 0) is 57.4 Å². The average Bonchev–Trinajstić information content (AvgIpc) is 3.89. The van der Waals surface area contributed by atoms with Crippen molar-refractivity contribution >= 4 is 119 Å². The first-order valence-electron chi connectivity index (χ1n) is 14.5. The molecule has 9 aromatic rings. The predicted molar refractivity (Wildman–Crippen MR) is 189 cm³/mol. The van der Waals surface area contributed by atoms with Crippen LogP contribution in [0.25, 0.3) is 63.5 Å². The van der Waals surface area contributed by atoms with Crippen molar-refractivity contribution in [2.75, 3.05) is 0 Å². The van der Waals surface area contributed by atoms with Crippen molar-refractivity contribution in [3.63, 3.8) is 0 Å². The standard InChI is InChI=1S/C36H16N4O3S3/c41-32-21-10-17-6-2-1-5-16(17)9-20(21)13-26(32)37-27-14-24-29-30(40-46-39-29)25-15-28(45-36(25)35(24)44-27)38-31-33(42)22-11-18-7-3-4-8-19(18)12-23(22)34(31)43/h1-12,14-15H,13H2/b37-26+. The molecule has 10 heteroatoms. The van der Waals surface area contributed by atoms with Gasteiger partial charge >= 0.3 is 0 Å². The summed E-state index contributed by atoms with van der Waals surface area (Å²) in [6, 6.07) is 27.2. The van der Waals surface area contributed by atoms with Crippen LogP contribution in [0.3, 0.4) is 0 Å². The fourth-order valence-corrected chi connectivity index (χ4v) is 9.39. The summed E-state index contributed by atoms with van der Waals surface area (Å²) in [6.07, 6.45) is 0.483. The van der Waals surface area contributed by atoms with E-state index in [1.165, 1.54) is 22.7 Å². The molecule has 0 bridgehead atoms. The molecule has 0 saturated heterocycles. The van der Waals surface area contributed by atoms with Crippen LogP contribution in [0.15, 0.2) is 105 Å². The first kappa shape index (κ1) is 26.0. The number of fused-ring (bicyclic) bond motifs is 10. The number of Topliss-reactive ketones (excluding diaryl/α,β-unsaturated/α-hetero) is 1. The lowest BCUT2D eigenvalue weighted by atomic mass is 10.0. The van der Waals surface area contributed by atoms with E-state index in [1.807, 2.05) is 60.7 Å². The zero-order valence-electron chi connectivity index (χ0n) is 23.5. The molecule has 0 N–H and O–H groups in total. The van der Waals surface area contributed by atoms with Crippen molar-refractivity contribution in [1.29, 1.82) is 0 Å². The molecule has 10 rings (SSSR count). The van der Waals surface area contributed by atoms with Gasteiger partial charge in [-0.3, -0.25) is 14.4 Å². The van der Waals surface area contributed by atoms with E-state index in [2.05, 4.69) is 25.9 Å². The number of ketones is 1. The fourth-order valence-electron chi connectivity index (χ4n) is 6.57. The second-order valence-corrected chi connectivity index (χ2v) is 14.0. The summed E-state index contributed by atoms with van der Waals surface area (Å²) < 4.78 is 11.1. The van der Waals surface area contributed by atoms with Crippen molar-refractivity contribution in [3.05, 3.63) is 122 Å². The van der Waals surface area contributed by atoms with Gasteiger partial charge in [0.2, 0.25) is 16.6 Å². The zero-order valence-corrected chi connectivity index (χ0v) is 26.0.